The molecule has 9 heteroatoms. The summed E-state index contributed by atoms with van der Waals surface area (Å²) < 4.78 is 5.73. The molecule has 190 valence electrons. The zero-order valence-electron chi connectivity index (χ0n) is 20.8. The first kappa shape index (κ1) is 24.1. The van der Waals surface area contributed by atoms with Gasteiger partial charge < -0.3 is 14.3 Å². The maximum atomic E-state index is 13.1. The quantitative estimate of drug-likeness (QED) is 0.312. The van der Waals surface area contributed by atoms with Crippen LogP contribution in [0.15, 0.2) is 77.6 Å². The molecule has 4 heterocycles. The molecule has 0 spiro atoms. The molecule has 0 atom stereocenters. The van der Waals surface area contributed by atoms with Crippen LogP contribution < -0.4 is 4.90 Å². The summed E-state index contributed by atoms with van der Waals surface area (Å²) in [7, 11) is 0. The molecule has 2 aromatic carbocycles. The molecule has 0 bridgehead atoms. The van der Waals surface area contributed by atoms with Crippen LogP contribution in [0.2, 0.25) is 5.02 Å². The van der Waals surface area contributed by atoms with Crippen LogP contribution in [0.4, 0.5) is 5.82 Å². The molecule has 38 heavy (non-hydrogen) atoms. The van der Waals surface area contributed by atoms with Gasteiger partial charge in [-0.2, -0.15) is 4.98 Å². The van der Waals surface area contributed by atoms with Crippen molar-refractivity contribution in [2.24, 2.45) is 0 Å². The third-order valence-corrected chi connectivity index (χ3v) is 6.99. The summed E-state index contributed by atoms with van der Waals surface area (Å²) in [6.45, 7) is 4.43. The lowest BCUT2D eigenvalue weighted by molar-refractivity contribution is 0.0746. The van der Waals surface area contributed by atoms with Crippen molar-refractivity contribution in [3.05, 3.63) is 101 Å². The van der Waals surface area contributed by atoms with Gasteiger partial charge in [0.05, 0.1) is 0 Å². The van der Waals surface area contributed by atoms with Gasteiger partial charge in [0.15, 0.2) is 0 Å². The number of nitrogens with zero attached hydrogens (tertiary/aromatic N) is 6. The second-order valence-electron chi connectivity index (χ2n) is 9.36. The van der Waals surface area contributed by atoms with Gasteiger partial charge in [-0.15, -0.1) is 0 Å². The number of carbonyl (C=O) groups is 1. The smallest absolute Gasteiger partial charge is 0.263 e. The third-order valence-electron chi connectivity index (χ3n) is 6.74. The Morgan fingerprint density at radius 3 is 2.45 bits per heavy atom. The Morgan fingerprint density at radius 2 is 1.74 bits per heavy atom. The third kappa shape index (κ3) is 4.82. The van der Waals surface area contributed by atoms with E-state index in [-0.39, 0.29) is 5.91 Å². The normalized spacial score (nSPS) is 13.7. The van der Waals surface area contributed by atoms with Crippen LogP contribution in [0.1, 0.15) is 27.3 Å². The van der Waals surface area contributed by atoms with Gasteiger partial charge in [-0.25, -0.2) is 4.98 Å². The molecule has 3 aromatic heterocycles. The number of aryl methyl sites for hydroxylation is 1. The SMILES string of the molecule is Cc1ccc(Cc2nc(N3CCN(C(=O)c4ccc(Cl)cc4)CC3)c3c(-c4cccnc4)noc3n2)cc1. The summed E-state index contributed by atoms with van der Waals surface area (Å²) in [5.74, 6) is 1.41. The summed E-state index contributed by atoms with van der Waals surface area (Å²) in [5.41, 5.74) is 4.88. The van der Waals surface area contributed by atoms with Crippen LogP contribution in [0, 0.1) is 6.92 Å². The van der Waals surface area contributed by atoms with Crippen LogP contribution in [-0.2, 0) is 6.42 Å². The number of amides is 1. The van der Waals surface area contributed by atoms with Gasteiger partial charge in [-0.3, -0.25) is 9.78 Å². The van der Waals surface area contributed by atoms with E-state index in [0.717, 1.165) is 22.3 Å². The minimum absolute atomic E-state index is 0.00441. The van der Waals surface area contributed by atoms with Crippen LogP contribution in [-0.4, -0.2) is 57.1 Å². The molecule has 1 fully saturated rings. The Kier molecular flexibility index (Phi) is 6.47. The fourth-order valence-corrected chi connectivity index (χ4v) is 4.80. The molecule has 6 rings (SSSR count). The topological polar surface area (TPSA) is 88.3 Å². The molecule has 1 aliphatic heterocycles. The van der Waals surface area contributed by atoms with Crippen LogP contribution in [0.3, 0.4) is 0 Å². The minimum atomic E-state index is -0.00441. The number of pyridine rings is 1. The number of rotatable bonds is 5. The first-order valence-electron chi connectivity index (χ1n) is 12.5. The summed E-state index contributed by atoms with van der Waals surface area (Å²) in [4.78, 5) is 31.1. The number of benzene rings is 2. The van der Waals surface area contributed by atoms with Gasteiger partial charge in [0.1, 0.15) is 22.7 Å². The van der Waals surface area contributed by atoms with Gasteiger partial charge in [0.2, 0.25) is 0 Å². The Bertz CT molecular complexity index is 1580. The highest BCUT2D eigenvalue weighted by molar-refractivity contribution is 6.30. The first-order chi connectivity index (χ1) is 18.5. The van der Waals surface area contributed by atoms with Crippen molar-refractivity contribution in [3.63, 3.8) is 0 Å². The molecule has 0 radical (unpaired) electrons. The maximum Gasteiger partial charge on any atom is 0.263 e. The van der Waals surface area contributed by atoms with Gasteiger partial charge in [0, 0.05) is 61.1 Å². The molecule has 0 saturated carbocycles. The van der Waals surface area contributed by atoms with Crippen molar-refractivity contribution in [1.82, 2.24) is 25.0 Å². The molecular formula is C29H25ClN6O2. The van der Waals surface area contributed by atoms with Crippen molar-refractivity contribution < 1.29 is 9.32 Å². The maximum absolute atomic E-state index is 13.1. The predicted molar refractivity (Wildman–Crippen MR) is 146 cm³/mol. The van der Waals surface area contributed by atoms with E-state index < -0.39 is 0 Å². The number of carbonyl (C=O) groups excluding carboxylic acids is 1. The summed E-state index contributed by atoms with van der Waals surface area (Å²) in [6, 6.07) is 19.2. The Hall–Kier alpha value is -4.30. The Labute approximate surface area is 224 Å². The molecule has 0 N–H and O–H groups in total. The van der Waals surface area contributed by atoms with Crippen LogP contribution in [0.25, 0.3) is 22.4 Å². The second kappa shape index (κ2) is 10.2. The number of aromatic nitrogens is 4. The second-order valence-corrected chi connectivity index (χ2v) is 9.80. The lowest BCUT2D eigenvalue weighted by atomic mass is 10.1. The van der Waals surface area contributed by atoms with Crippen molar-refractivity contribution in [2.75, 3.05) is 31.1 Å². The highest BCUT2D eigenvalue weighted by atomic mass is 35.5. The predicted octanol–water partition coefficient (Wildman–Crippen LogP) is 5.19. The van der Waals surface area contributed by atoms with Gasteiger partial charge in [0.25, 0.3) is 11.6 Å². The molecule has 8 nitrogen and oxygen atoms in total. The highest BCUT2D eigenvalue weighted by Gasteiger charge is 2.27. The van der Waals surface area contributed by atoms with Crippen molar-refractivity contribution in [3.8, 4) is 11.3 Å². The van der Waals surface area contributed by atoms with E-state index >= 15 is 0 Å². The van der Waals surface area contributed by atoms with E-state index in [0.29, 0.717) is 60.4 Å². The zero-order valence-corrected chi connectivity index (χ0v) is 21.6. The highest BCUT2D eigenvalue weighted by Crippen LogP contribution is 2.34. The van der Waals surface area contributed by atoms with E-state index in [1.54, 1.807) is 36.7 Å². The number of fused-ring (bicyclic) bond motifs is 1. The average molecular weight is 525 g/mol. The lowest BCUT2D eigenvalue weighted by Crippen LogP contribution is -2.49. The van der Waals surface area contributed by atoms with Crippen molar-refractivity contribution >= 4 is 34.4 Å². The number of hydrogen-bond acceptors (Lipinski definition) is 7. The molecule has 0 aliphatic carbocycles. The van der Waals surface area contributed by atoms with Gasteiger partial charge in [-0.1, -0.05) is 46.6 Å². The molecule has 0 unspecified atom stereocenters. The Balaban J connectivity index is 1.33. The van der Waals surface area contributed by atoms with E-state index in [1.807, 2.05) is 17.0 Å². The monoisotopic (exact) mass is 524 g/mol. The minimum Gasteiger partial charge on any atom is -0.352 e. The van der Waals surface area contributed by atoms with E-state index in [2.05, 4.69) is 46.2 Å². The van der Waals surface area contributed by atoms with Crippen LogP contribution in [0.5, 0.6) is 0 Å². The van der Waals surface area contributed by atoms with E-state index in [1.165, 1.54) is 5.56 Å². The number of halogens is 1. The fourth-order valence-electron chi connectivity index (χ4n) is 4.67. The first-order valence-corrected chi connectivity index (χ1v) is 12.8. The molecule has 5 aromatic rings. The van der Waals surface area contributed by atoms with Gasteiger partial charge >= 0.3 is 0 Å². The average Bonchev–Trinajstić information content (AvgIpc) is 3.39. The van der Waals surface area contributed by atoms with Crippen molar-refractivity contribution in [1.29, 1.82) is 0 Å². The number of piperazine rings is 1. The summed E-state index contributed by atoms with van der Waals surface area (Å²) >= 11 is 5.99. The van der Waals surface area contributed by atoms with E-state index in [9.17, 15) is 4.79 Å². The Morgan fingerprint density at radius 1 is 0.974 bits per heavy atom. The van der Waals surface area contributed by atoms with Crippen LogP contribution >= 0.6 is 11.6 Å². The summed E-state index contributed by atoms with van der Waals surface area (Å²) in [6.07, 6.45) is 4.05. The largest absolute Gasteiger partial charge is 0.352 e. The zero-order chi connectivity index (χ0) is 26.1. The lowest BCUT2D eigenvalue weighted by Gasteiger charge is -2.35. The number of anilines is 1. The number of hydrogen-bond donors (Lipinski definition) is 0. The molecular weight excluding hydrogens is 500 g/mol. The fraction of sp³-hybridized carbons (Fsp3) is 0.207. The molecule has 1 saturated heterocycles. The van der Waals surface area contributed by atoms with E-state index in [4.69, 9.17) is 26.1 Å². The van der Waals surface area contributed by atoms with Crippen molar-refractivity contribution in [2.45, 2.75) is 13.3 Å². The molecule has 1 aliphatic rings. The molecule has 1 amide bonds. The summed E-state index contributed by atoms with van der Waals surface area (Å²) in [5, 5.41) is 5.71. The van der Waals surface area contributed by atoms with Gasteiger partial charge in [-0.05, 0) is 48.9 Å². The standard InChI is InChI=1S/C29H25ClN6O2/c1-19-4-6-20(7-5-19)17-24-32-27(25-26(34-38-28(25)33-24)22-3-2-12-31-18-22)35-13-15-36(16-14-35)29(37)21-8-10-23(30)11-9-21/h2-12,18H,13-17H2,1H3.